The number of hydrogen-bond donors (Lipinski definition) is 2. The molecule has 0 saturated heterocycles. The Bertz CT molecular complexity index is 777. The molecule has 1 heterocycles. The maximum absolute atomic E-state index is 13.3. The van der Waals surface area contributed by atoms with Gasteiger partial charge >= 0.3 is 6.18 Å². The zero-order valence-electron chi connectivity index (χ0n) is 11.3. The molecular weight excluding hydrogens is 375 g/mol. The summed E-state index contributed by atoms with van der Waals surface area (Å²) in [5.74, 6) is 0. The number of benzene rings is 1. The molecule has 4 nitrogen and oxygen atoms in total. The molecule has 0 aliphatic heterocycles. The van der Waals surface area contributed by atoms with Crippen LogP contribution in [-0.2, 0) is 15.6 Å². The van der Waals surface area contributed by atoms with Crippen molar-refractivity contribution in [3.8, 4) is 0 Å². The Kier molecular flexibility index (Phi) is 5.07. The lowest BCUT2D eigenvalue weighted by molar-refractivity contribution is -0.263. The molecule has 0 saturated carbocycles. The summed E-state index contributed by atoms with van der Waals surface area (Å²) in [6.07, 6.45) is -5.07. The molecule has 1 aromatic heterocycles. The van der Waals surface area contributed by atoms with Crippen LogP contribution in [0.25, 0.3) is 0 Å². The molecule has 0 unspecified atom stereocenters. The maximum atomic E-state index is 13.3. The van der Waals surface area contributed by atoms with Crippen LogP contribution in [0, 0.1) is 0 Å². The Labute approximate surface area is 139 Å². The van der Waals surface area contributed by atoms with Gasteiger partial charge in [-0.2, -0.15) is 13.2 Å². The van der Waals surface area contributed by atoms with Gasteiger partial charge in [-0.25, -0.2) is 13.1 Å². The van der Waals surface area contributed by atoms with Crippen LogP contribution in [0.4, 0.5) is 13.2 Å². The monoisotopic (exact) mass is 385 g/mol. The number of sulfonamides is 1. The average molecular weight is 386 g/mol. The topological polar surface area (TPSA) is 66.4 Å². The summed E-state index contributed by atoms with van der Waals surface area (Å²) >= 11 is 6.32. The van der Waals surface area contributed by atoms with Gasteiger partial charge < -0.3 is 5.11 Å². The molecule has 0 fully saturated rings. The van der Waals surface area contributed by atoms with E-state index < -0.39 is 33.9 Å². The summed E-state index contributed by atoms with van der Waals surface area (Å²) in [6.45, 7) is -1.25. The van der Waals surface area contributed by atoms with E-state index in [2.05, 4.69) is 0 Å². The number of thiophene rings is 1. The molecule has 2 aromatic rings. The molecule has 2 N–H and O–H groups in total. The number of aliphatic hydroxyl groups is 1. The fraction of sp³-hybridized carbons (Fsp3) is 0.231. The van der Waals surface area contributed by atoms with Gasteiger partial charge in [0, 0.05) is 0 Å². The first kappa shape index (κ1) is 18.2. The zero-order valence-corrected chi connectivity index (χ0v) is 13.7. The molecule has 126 valence electrons. The van der Waals surface area contributed by atoms with Crippen LogP contribution in [0.2, 0.25) is 4.34 Å². The lowest BCUT2D eigenvalue weighted by Gasteiger charge is -2.31. The molecule has 1 aromatic carbocycles. The van der Waals surface area contributed by atoms with E-state index in [-0.39, 0.29) is 8.55 Å². The summed E-state index contributed by atoms with van der Waals surface area (Å²) in [5, 5.41) is 10.1. The van der Waals surface area contributed by atoms with Crippen molar-refractivity contribution in [1.29, 1.82) is 0 Å². The standard InChI is InChI=1S/C13H11ClF3NO3S2/c14-10-6-7-11(22-10)23(20,21)18-8-12(19,13(15,16)17)9-4-2-1-3-5-9/h1-7,18-19H,8H2/t12-/m0/s1. The van der Waals surface area contributed by atoms with Gasteiger partial charge in [0.15, 0.2) is 5.60 Å². The predicted octanol–water partition coefficient (Wildman–Crippen LogP) is 3.13. The summed E-state index contributed by atoms with van der Waals surface area (Å²) < 4.78 is 65.6. The molecular formula is C13H11ClF3NO3S2. The Morgan fingerprint density at radius 1 is 1.13 bits per heavy atom. The van der Waals surface area contributed by atoms with Gasteiger partial charge in [-0.15, -0.1) is 11.3 Å². The normalized spacial score (nSPS) is 15.3. The van der Waals surface area contributed by atoms with Gasteiger partial charge in [-0.1, -0.05) is 41.9 Å². The van der Waals surface area contributed by atoms with Gasteiger partial charge in [0.1, 0.15) is 4.21 Å². The van der Waals surface area contributed by atoms with Crippen LogP contribution < -0.4 is 4.72 Å². The first-order chi connectivity index (χ1) is 10.6. The molecule has 0 radical (unpaired) electrons. The molecule has 0 aliphatic rings. The molecule has 0 aliphatic carbocycles. The van der Waals surface area contributed by atoms with Crippen LogP contribution in [-0.4, -0.2) is 26.2 Å². The fourth-order valence-electron chi connectivity index (χ4n) is 1.79. The average Bonchev–Trinajstić information content (AvgIpc) is 2.92. The van der Waals surface area contributed by atoms with E-state index >= 15 is 0 Å². The van der Waals surface area contributed by atoms with Crippen molar-refractivity contribution >= 4 is 33.0 Å². The van der Waals surface area contributed by atoms with Crippen molar-refractivity contribution in [1.82, 2.24) is 4.72 Å². The van der Waals surface area contributed by atoms with Crippen molar-refractivity contribution in [2.75, 3.05) is 6.54 Å². The van der Waals surface area contributed by atoms with Gasteiger partial charge in [-0.3, -0.25) is 0 Å². The number of nitrogens with one attached hydrogen (secondary N) is 1. The van der Waals surface area contributed by atoms with E-state index in [4.69, 9.17) is 11.6 Å². The van der Waals surface area contributed by atoms with E-state index in [0.717, 1.165) is 12.1 Å². The number of rotatable bonds is 5. The van der Waals surface area contributed by atoms with Crippen LogP contribution in [0.1, 0.15) is 5.56 Å². The van der Waals surface area contributed by atoms with Crippen molar-refractivity contribution in [2.24, 2.45) is 0 Å². The van der Waals surface area contributed by atoms with Crippen molar-refractivity contribution in [2.45, 2.75) is 16.0 Å². The van der Waals surface area contributed by atoms with Crippen molar-refractivity contribution in [3.05, 3.63) is 52.4 Å². The molecule has 1 atom stereocenters. The highest BCUT2D eigenvalue weighted by atomic mass is 35.5. The minimum Gasteiger partial charge on any atom is -0.375 e. The molecule has 23 heavy (non-hydrogen) atoms. The minimum atomic E-state index is -5.07. The summed E-state index contributed by atoms with van der Waals surface area (Å²) in [7, 11) is -4.22. The maximum Gasteiger partial charge on any atom is 0.422 e. The number of hydrogen-bond acceptors (Lipinski definition) is 4. The lowest BCUT2D eigenvalue weighted by Crippen LogP contribution is -2.50. The number of halogens is 4. The summed E-state index contributed by atoms with van der Waals surface area (Å²) in [6, 6.07) is 8.75. The molecule has 0 spiro atoms. The Hall–Kier alpha value is -1.13. The Balaban J connectivity index is 2.30. The van der Waals surface area contributed by atoms with Crippen molar-refractivity contribution < 1.29 is 26.7 Å². The van der Waals surface area contributed by atoms with Crippen LogP contribution in [0.3, 0.4) is 0 Å². The highest BCUT2D eigenvalue weighted by molar-refractivity contribution is 7.91. The third-order valence-corrected chi connectivity index (χ3v) is 6.18. The first-order valence-corrected chi connectivity index (χ1v) is 8.84. The third kappa shape index (κ3) is 3.86. The molecule has 0 amide bonds. The second kappa shape index (κ2) is 6.40. The highest BCUT2D eigenvalue weighted by Crippen LogP contribution is 2.38. The second-order valence-electron chi connectivity index (χ2n) is 4.61. The zero-order chi connectivity index (χ0) is 17.3. The largest absolute Gasteiger partial charge is 0.422 e. The summed E-state index contributed by atoms with van der Waals surface area (Å²) in [5.41, 5.74) is -3.80. The van der Waals surface area contributed by atoms with Crippen LogP contribution in [0.15, 0.2) is 46.7 Å². The Morgan fingerprint density at radius 3 is 2.22 bits per heavy atom. The predicted molar refractivity (Wildman–Crippen MR) is 80.9 cm³/mol. The third-order valence-electron chi connectivity index (χ3n) is 3.05. The first-order valence-electron chi connectivity index (χ1n) is 6.16. The van der Waals surface area contributed by atoms with Gasteiger partial charge in [0.25, 0.3) is 0 Å². The highest BCUT2D eigenvalue weighted by Gasteiger charge is 2.55. The van der Waals surface area contributed by atoms with E-state index in [1.807, 2.05) is 0 Å². The Morgan fingerprint density at radius 2 is 1.74 bits per heavy atom. The van der Waals surface area contributed by atoms with Gasteiger partial charge in [0.05, 0.1) is 10.9 Å². The van der Waals surface area contributed by atoms with E-state index in [1.54, 1.807) is 4.72 Å². The van der Waals surface area contributed by atoms with Gasteiger partial charge in [-0.05, 0) is 17.7 Å². The fourth-order valence-corrected chi connectivity index (χ4v) is 4.38. The lowest BCUT2D eigenvalue weighted by atomic mass is 9.93. The molecule has 0 bridgehead atoms. The molecule has 10 heteroatoms. The quantitative estimate of drug-likeness (QED) is 0.831. The summed E-state index contributed by atoms with van der Waals surface area (Å²) in [4.78, 5) is 0. The smallest absolute Gasteiger partial charge is 0.375 e. The van der Waals surface area contributed by atoms with Gasteiger partial charge in [0.2, 0.25) is 10.0 Å². The SMILES string of the molecule is O=S(=O)(NC[C@](O)(c1ccccc1)C(F)(F)F)c1ccc(Cl)s1. The van der Waals surface area contributed by atoms with Crippen LogP contribution in [0.5, 0.6) is 0 Å². The second-order valence-corrected chi connectivity index (χ2v) is 8.32. The minimum absolute atomic E-state index is 0.180. The number of alkyl halides is 3. The van der Waals surface area contributed by atoms with Crippen LogP contribution >= 0.6 is 22.9 Å². The van der Waals surface area contributed by atoms with E-state index in [0.29, 0.717) is 11.3 Å². The molecule has 2 rings (SSSR count). The van der Waals surface area contributed by atoms with E-state index in [9.17, 15) is 26.7 Å². The van der Waals surface area contributed by atoms with E-state index in [1.165, 1.54) is 30.3 Å². The van der Waals surface area contributed by atoms with Crippen molar-refractivity contribution in [3.63, 3.8) is 0 Å².